The van der Waals surface area contributed by atoms with Gasteiger partial charge in [0.25, 0.3) is 0 Å². The molecule has 0 bridgehead atoms. The maximum absolute atomic E-state index is 8.92. The van der Waals surface area contributed by atoms with E-state index in [9.17, 15) is 0 Å². The Balaban J connectivity index is 2.07. The third-order valence-corrected chi connectivity index (χ3v) is 2.80. The number of nitrogens with two attached hydrogens (primary N) is 1. The molecule has 1 aromatic rings. The number of hydrogen-bond donors (Lipinski definition) is 2. The SMILES string of the molecule is NCc1ccc(C2CC2CO)cc1. The summed E-state index contributed by atoms with van der Waals surface area (Å²) in [4.78, 5) is 0. The van der Waals surface area contributed by atoms with Crippen molar-refractivity contribution in [3.8, 4) is 0 Å². The number of aliphatic hydroxyl groups is 1. The van der Waals surface area contributed by atoms with Crippen molar-refractivity contribution in [2.75, 3.05) is 6.61 Å². The van der Waals surface area contributed by atoms with Crippen molar-refractivity contribution in [2.24, 2.45) is 11.7 Å². The minimum absolute atomic E-state index is 0.323. The van der Waals surface area contributed by atoms with Gasteiger partial charge in [0.05, 0.1) is 0 Å². The van der Waals surface area contributed by atoms with Crippen molar-refractivity contribution in [2.45, 2.75) is 18.9 Å². The van der Waals surface area contributed by atoms with Crippen LogP contribution in [0, 0.1) is 5.92 Å². The molecule has 1 fully saturated rings. The molecule has 0 saturated heterocycles. The van der Waals surface area contributed by atoms with Gasteiger partial charge in [-0.3, -0.25) is 0 Å². The van der Waals surface area contributed by atoms with Crippen LogP contribution >= 0.6 is 0 Å². The van der Waals surface area contributed by atoms with Gasteiger partial charge in [-0.1, -0.05) is 24.3 Å². The molecule has 1 aliphatic carbocycles. The summed E-state index contributed by atoms with van der Waals surface area (Å²) in [5.74, 6) is 1.10. The van der Waals surface area contributed by atoms with E-state index >= 15 is 0 Å². The lowest BCUT2D eigenvalue weighted by atomic mass is 10.1. The minimum atomic E-state index is 0.323. The van der Waals surface area contributed by atoms with Crippen molar-refractivity contribution in [3.63, 3.8) is 0 Å². The smallest absolute Gasteiger partial charge is 0.0465 e. The van der Waals surface area contributed by atoms with Crippen molar-refractivity contribution in [1.29, 1.82) is 0 Å². The van der Waals surface area contributed by atoms with Crippen molar-refractivity contribution >= 4 is 0 Å². The number of rotatable bonds is 3. The van der Waals surface area contributed by atoms with E-state index in [2.05, 4.69) is 24.3 Å². The molecule has 0 amide bonds. The van der Waals surface area contributed by atoms with Gasteiger partial charge in [0.15, 0.2) is 0 Å². The van der Waals surface area contributed by atoms with E-state index in [1.807, 2.05) is 0 Å². The molecule has 2 atom stereocenters. The maximum atomic E-state index is 8.92. The summed E-state index contributed by atoms with van der Waals surface area (Å²) < 4.78 is 0. The van der Waals surface area contributed by atoms with Gasteiger partial charge in [-0.05, 0) is 29.4 Å². The maximum Gasteiger partial charge on any atom is 0.0465 e. The van der Waals surface area contributed by atoms with Gasteiger partial charge >= 0.3 is 0 Å². The first-order chi connectivity index (χ1) is 6.35. The fourth-order valence-corrected chi connectivity index (χ4v) is 1.76. The Labute approximate surface area is 78.4 Å². The highest BCUT2D eigenvalue weighted by Gasteiger charge is 2.37. The third-order valence-electron chi connectivity index (χ3n) is 2.80. The van der Waals surface area contributed by atoms with Crippen molar-refractivity contribution in [3.05, 3.63) is 35.4 Å². The van der Waals surface area contributed by atoms with Crippen LogP contribution in [0.3, 0.4) is 0 Å². The molecule has 0 aromatic heterocycles. The number of aliphatic hydroxyl groups excluding tert-OH is 1. The zero-order valence-electron chi connectivity index (χ0n) is 7.61. The van der Waals surface area contributed by atoms with Crippen molar-refractivity contribution in [1.82, 2.24) is 0 Å². The van der Waals surface area contributed by atoms with E-state index in [-0.39, 0.29) is 0 Å². The number of benzene rings is 1. The van der Waals surface area contributed by atoms with Crippen LogP contribution in [-0.2, 0) is 6.54 Å². The second kappa shape index (κ2) is 3.48. The third kappa shape index (κ3) is 1.74. The molecule has 2 heteroatoms. The molecule has 1 aliphatic rings. The zero-order chi connectivity index (χ0) is 9.26. The average molecular weight is 177 g/mol. The monoisotopic (exact) mass is 177 g/mol. The van der Waals surface area contributed by atoms with E-state index < -0.39 is 0 Å². The number of hydrogen-bond acceptors (Lipinski definition) is 2. The fourth-order valence-electron chi connectivity index (χ4n) is 1.76. The zero-order valence-corrected chi connectivity index (χ0v) is 7.61. The largest absolute Gasteiger partial charge is 0.396 e. The molecule has 2 unspecified atom stereocenters. The first kappa shape index (κ1) is 8.73. The van der Waals surface area contributed by atoms with Crippen LogP contribution in [0.15, 0.2) is 24.3 Å². The Morgan fingerprint density at radius 2 is 2.00 bits per heavy atom. The van der Waals surface area contributed by atoms with Crippen LogP contribution in [0.4, 0.5) is 0 Å². The molecule has 70 valence electrons. The molecular formula is C11H15NO. The van der Waals surface area contributed by atoms with Crippen LogP contribution in [0.5, 0.6) is 0 Å². The highest BCUT2D eigenvalue weighted by molar-refractivity contribution is 5.29. The molecular weight excluding hydrogens is 162 g/mol. The standard InChI is InChI=1S/C11H15NO/c12-6-8-1-3-9(4-2-8)11-5-10(11)7-13/h1-4,10-11,13H,5-7,12H2. The van der Waals surface area contributed by atoms with E-state index in [4.69, 9.17) is 10.8 Å². The first-order valence-corrected chi connectivity index (χ1v) is 4.75. The summed E-state index contributed by atoms with van der Waals surface area (Å²) in [5.41, 5.74) is 8.02. The van der Waals surface area contributed by atoms with Crippen LogP contribution in [-0.4, -0.2) is 11.7 Å². The van der Waals surface area contributed by atoms with Crippen LogP contribution < -0.4 is 5.73 Å². The topological polar surface area (TPSA) is 46.2 Å². The molecule has 3 N–H and O–H groups in total. The molecule has 13 heavy (non-hydrogen) atoms. The van der Waals surface area contributed by atoms with Crippen molar-refractivity contribution < 1.29 is 5.11 Å². The second-order valence-electron chi connectivity index (χ2n) is 3.73. The lowest BCUT2D eigenvalue weighted by molar-refractivity contribution is 0.274. The van der Waals surface area contributed by atoms with Gasteiger partial charge in [0.1, 0.15) is 0 Å². The Kier molecular flexibility index (Phi) is 2.34. The molecule has 2 rings (SSSR count). The summed E-state index contributed by atoms with van der Waals surface area (Å²) >= 11 is 0. The predicted molar refractivity (Wildman–Crippen MR) is 52.3 cm³/mol. The van der Waals surface area contributed by atoms with E-state index in [0.717, 1.165) is 6.42 Å². The molecule has 1 aromatic carbocycles. The van der Waals surface area contributed by atoms with Gasteiger partial charge in [-0.15, -0.1) is 0 Å². The Hall–Kier alpha value is -0.860. The van der Waals surface area contributed by atoms with Crippen LogP contribution in [0.2, 0.25) is 0 Å². The molecule has 0 spiro atoms. The predicted octanol–water partition coefficient (Wildman–Crippen LogP) is 1.24. The minimum Gasteiger partial charge on any atom is -0.396 e. The quantitative estimate of drug-likeness (QED) is 0.729. The first-order valence-electron chi connectivity index (χ1n) is 4.75. The van der Waals surface area contributed by atoms with Gasteiger partial charge in [-0.2, -0.15) is 0 Å². The summed E-state index contributed by atoms with van der Waals surface area (Å²) in [6.45, 7) is 0.928. The average Bonchev–Trinajstić information content (AvgIpc) is 2.97. The second-order valence-corrected chi connectivity index (χ2v) is 3.73. The van der Waals surface area contributed by atoms with Crippen LogP contribution in [0.25, 0.3) is 0 Å². The summed E-state index contributed by atoms with van der Waals surface area (Å²) in [6, 6.07) is 8.40. The van der Waals surface area contributed by atoms with E-state index in [1.54, 1.807) is 0 Å². The lowest BCUT2D eigenvalue weighted by Gasteiger charge is -2.00. The molecule has 2 nitrogen and oxygen atoms in total. The Morgan fingerprint density at radius 1 is 1.31 bits per heavy atom. The van der Waals surface area contributed by atoms with Crippen LogP contribution in [0.1, 0.15) is 23.5 Å². The van der Waals surface area contributed by atoms with Gasteiger partial charge in [-0.25, -0.2) is 0 Å². The lowest BCUT2D eigenvalue weighted by Crippen LogP contribution is -1.96. The summed E-state index contributed by atoms with van der Waals surface area (Å²) in [5, 5.41) is 8.92. The molecule has 1 saturated carbocycles. The van der Waals surface area contributed by atoms with Gasteiger partial charge in [0, 0.05) is 13.2 Å². The Morgan fingerprint density at radius 3 is 2.46 bits per heavy atom. The Bertz CT molecular complexity index is 281. The van der Waals surface area contributed by atoms with Gasteiger partial charge in [0.2, 0.25) is 0 Å². The fraction of sp³-hybridized carbons (Fsp3) is 0.455. The molecule has 0 heterocycles. The molecule has 0 aliphatic heterocycles. The highest BCUT2D eigenvalue weighted by Crippen LogP contribution is 2.46. The summed E-state index contributed by atoms with van der Waals surface area (Å²) in [6.07, 6.45) is 1.14. The molecule has 0 radical (unpaired) electrons. The normalized spacial score (nSPS) is 26.0. The van der Waals surface area contributed by atoms with Gasteiger partial charge < -0.3 is 10.8 Å². The van der Waals surface area contributed by atoms with E-state index in [1.165, 1.54) is 11.1 Å². The van der Waals surface area contributed by atoms with E-state index in [0.29, 0.717) is 25.0 Å². The summed E-state index contributed by atoms with van der Waals surface area (Å²) in [7, 11) is 0. The highest BCUT2D eigenvalue weighted by atomic mass is 16.3.